The van der Waals surface area contributed by atoms with Crippen molar-refractivity contribution >= 4 is 17.4 Å². The largest absolute Gasteiger partial charge is 0.399 e. The molecule has 1 aromatic carbocycles. The Morgan fingerprint density at radius 3 is 2.43 bits per heavy atom. The highest BCUT2D eigenvalue weighted by molar-refractivity contribution is 7.97. The molecule has 0 saturated heterocycles. The number of benzene rings is 1. The second-order valence-electron chi connectivity index (χ2n) is 3.04. The van der Waals surface area contributed by atoms with Gasteiger partial charge in [-0.25, -0.2) is 0 Å². The summed E-state index contributed by atoms with van der Waals surface area (Å²) in [6, 6.07) is 6.08. The zero-order valence-electron chi connectivity index (χ0n) is 8.13. The predicted octanol–water partition coefficient (Wildman–Crippen LogP) is 2.49. The van der Waals surface area contributed by atoms with E-state index in [9.17, 15) is 0 Å². The Morgan fingerprint density at radius 2 is 1.79 bits per heavy atom. The number of rotatable bonds is 0. The normalized spacial score (nSPS) is 12.1. The number of hydrogen-bond donors (Lipinski definition) is 2. The van der Waals surface area contributed by atoms with Gasteiger partial charge in [0.25, 0.3) is 0 Å². The SMILES string of the molecule is C.CSC.Nc1ccc2c(c1)CNC2. The van der Waals surface area contributed by atoms with Crippen molar-refractivity contribution < 1.29 is 0 Å². The summed E-state index contributed by atoms with van der Waals surface area (Å²) in [5.41, 5.74) is 9.20. The number of anilines is 1. The van der Waals surface area contributed by atoms with Gasteiger partial charge in [0.05, 0.1) is 0 Å². The fourth-order valence-corrected chi connectivity index (χ4v) is 1.31. The van der Waals surface area contributed by atoms with Crippen molar-refractivity contribution in [3.8, 4) is 0 Å². The second-order valence-corrected chi connectivity index (χ2v) is 3.86. The van der Waals surface area contributed by atoms with Crippen LogP contribution in [0, 0.1) is 0 Å². The monoisotopic (exact) mass is 212 g/mol. The minimum absolute atomic E-state index is 0. The van der Waals surface area contributed by atoms with Crippen molar-refractivity contribution in [3.05, 3.63) is 29.3 Å². The molecule has 2 nitrogen and oxygen atoms in total. The maximum absolute atomic E-state index is 5.60. The summed E-state index contributed by atoms with van der Waals surface area (Å²) >= 11 is 1.75. The van der Waals surface area contributed by atoms with Crippen LogP contribution < -0.4 is 11.1 Å². The van der Waals surface area contributed by atoms with Crippen molar-refractivity contribution in [1.29, 1.82) is 0 Å². The molecule has 0 radical (unpaired) electrons. The summed E-state index contributed by atoms with van der Waals surface area (Å²) in [6.45, 7) is 1.97. The molecule has 1 heterocycles. The number of nitrogen functional groups attached to an aromatic ring is 1. The van der Waals surface area contributed by atoms with Crippen LogP contribution in [0.4, 0.5) is 5.69 Å². The van der Waals surface area contributed by atoms with Gasteiger partial charge in [-0.1, -0.05) is 13.5 Å². The molecule has 1 aliphatic rings. The second kappa shape index (κ2) is 6.74. The summed E-state index contributed by atoms with van der Waals surface area (Å²) in [4.78, 5) is 0. The lowest BCUT2D eigenvalue weighted by atomic mass is 10.1. The lowest BCUT2D eigenvalue weighted by molar-refractivity contribution is 0.765. The summed E-state index contributed by atoms with van der Waals surface area (Å²) in [5, 5.41) is 3.26. The summed E-state index contributed by atoms with van der Waals surface area (Å²) < 4.78 is 0. The Kier molecular flexibility index (Phi) is 6.41. The van der Waals surface area contributed by atoms with E-state index in [-0.39, 0.29) is 7.43 Å². The average molecular weight is 212 g/mol. The van der Waals surface area contributed by atoms with Crippen LogP contribution in [0.25, 0.3) is 0 Å². The van der Waals surface area contributed by atoms with Gasteiger partial charge in [0.1, 0.15) is 0 Å². The van der Waals surface area contributed by atoms with Crippen LogP contribution in [-0.4, -0.2) is 12.5 Å². The van der Waals surface area contributed by atoms with E-state index in [1.807, 2.05) is 24.6 Å². The smallest absolute Gasteiger partial charge is 0.0317 e. The summed E-state index contributed by atoms with van der Waals surface area (Å²) in [5.74, 6) is 0. The van der Waals surface area contributed by atoms with Gasteiger partial charge in [0, 0.05) is 18.8 Å². The molecule has 3 heteroatoms. The maximum atomic E-state index is 5.60. The number of nitrogens with two attached hydrogens (primary N) is 1. The van der Waals surface area contributed by atoms with Crippen LogP contribution >= 0.6 is 11.8 Å². The van der Waals surface area contributed by atoms with Crippen LogP contribution in [0.1, 0.15) is 18.6 Å². The van der Waals surface area contributed by atoms with E-state index in [4.69, 9.17) is 5.73 Å². The van der Waals surface area contributed by atoms with E-state index in [1.54, 1.807) is 11.8 Å². The highest BCUT2D eigenvalue weighted by Gasteiger charge is 2.08. The number of fused-ring (bicyclic) bond motifs is 1. The molecule has 80 valence electrons. The molecule has 1 aliphatic heterocycles. The standard InChI is InChI=1S/C8H10N2.C2H6S.CH4/c9-8-2-1-6-4-10-5-7(6)3-8;1-3-2;/h1-3,10H,4-5,9H2;1-2H3;1H4. The van der Waals surface area contributed by atoms with Crippen LogP contribution in [0.5, 0.6) is 0 Å². The minimum Gasteiger partial charge on any atom is -0.399 e. The van der Waals surface area contributed by atoms with Gasteiger partial charge in [-0.05, 0) is 35.8 Å². The zero-order chi connectivity index (χ0) is 9.68. The van der Waals surface area contributed by atoms with Crippen LogP contribution in [0.2, 0.25) is 0 Å². The molecule has 0 bridgehead atoms. The minimum atomic E-state index is 0. The van der Waals surface area contributed by atoms with Crippen LogP contribution in [0.3, 0.4) is 0 Å². The van der Waals surface area contributed by atoms with E-state index in [0.717, 1.165) is 18.8 Å². The van der Waals surface area contributed by atoms with Gasteiger partial charge in [0.15, 0.2) is 0 Å². The summed E-state index contributed by atoms with van der Waals surface area (Å²) in [6.07, 6.45) is 4.08. The Labute approximate surface area is 91.3 Å². The Balaban J connectivity index is 0.000000381. The summed E-state index contributed by atoms with van der Waals surface area (Å²) in [7, 11) is 0. The molecule has 0 atom stereocenters. The first kappa shape index (κ1) is 13.3. The molecule has 0 amide bonds. The molecule has 0 saturated carbocycles. The molecule has 14 heavy (non-hydrogen) atoms. The van der Waals surface area contributed by atoms with Gasteiger partial charge in [0.2, 0.25) is 0 Å². The number of hydrogen-bond acceptors (Lipinski definition) is 3. The average Bonchev–Trinajstić information content (AvgIpc) is 2.52. The first-order valence-corrected chi connectivity index (χ1v) is 5.89. The van der Waals surface area contributed by atoms with Crippen molar-refractivity contribution in [2.24, 2.45) is 0 Å². The van der Waals surface area contributed by atoms with Gasteiger partial charge in [-0.3, -0.25) is 0 Å². The van der Waals surface area contributed by atoms with Crippen molar-refractivity contribution in [2.45, 2.75) is 20.5 Å². The molecule has 0 aliphatic carbocycles. The third kappa shape index (κ3) is 3.60. The van der Waals surface area contributed by atoms with E-state index in [0.29, 0.717) is 0 Å². The van der Waals surface area contributed by atoms with E-state index >= 15 is 0 Å². The number of thioether (sulfide) groups is 1. The molecule has 2 rings (SSSR count). The van der Waals surface area contributed by atoms with E-state index in [2.05, 4.69) is 11.4 Å². The third-order valence-corrected chi connectivity index (χ3v) is 1.86. The van der Waals surface area contributed by atoms with Crippen molar-refractivity contribution in [1.82, 2.24) is 5.32 Å². The van der Waals surface area contributed by atoms with E-state index in [1.165, 1.54) is 11.1 Å². The highest BCUT2D eigenvalue weighted by atomic mass is 32.2. The van der Waals surface area contributed by atoms with Crippen molar-refractivity contribution in [2.75, 3.05) is 18.2 Å². The first-order chi connectivity index (χ1) is 6.27. The van der Waals surface area contributed by atoms with Crippen molar-refractivity contribution in [3.63, 3.8) is 0 Å². The fourth-order valence-electron chi connectivity index (χ4n) is 1.31. The highest BCUT2D eigenvalue weighted by Crippen LogP contribution is 2.17. The molecular formula is C11H20N2S. The van der Waals surface area contributed by atoms with Crippen LogP contribution in [0.15, 0.2) is 18.2 Å². The molecule has 0 unspecified atom stereocenters. The zero-order valence-corrected chi connectivity index (χ0v) is 8.95. The molecular weight excluding hydrogens is 192 g/mol. The van der Waals surface area contributed by atoms with Gasteiger partial charge in [-0.2, -0.15) is 11.8 Å². The van der Waals surface area contributed by atoms with Gasteiger partial charge >= 0.3 is 0 Å². The maximum Gasteiger partial charge on any atom is 0.0317 e. The molecule has 0 fully saturated rings. The lowest BCUT2D eigenvalue weighted by Crippen LogP contribution is -1.99. The molecule has 0 aromatic heterocycles. The van der Waals surface area contributed by atoms with Gasteiger partial charge in [-0.15, -0.1) is 0 Å². The van der Waals surface area contributed by atoms with Crippen LogP contribution in [-0.2, 0) is 13.1 Å². The topological polar surface area (TPSA) is 38.0 Å². The Bertz CT molecular complexity index is 274. The number of nitrogens with one attached hydrogen (secondary N) is 1. The first-order valence-electron chi connectivity index (χ1n) is 4.26. The lowest BCUT2D eigenvalue weighted by Gasteiger charge is -1.97. The Morgan fingerprint density at radius 1 is 1.21 bits per heavy atom. The Hall–Kier alpha value is -0.670. The fraction of sp³-hybridized carbons (Fsp3) is 0.455. The third-order valence-electron chi connectivity index (χ3n) is 1.86. The molecule has 0 spiro atoms. The predicted molar refractivity (Wildman–Crippen MR) is 67.6 cm³/mol. The van der Waals surface area contributed by atoms with Gasteiger partial charge < -0.3 is 11.1 Å². The molecule has 3 N–H and O–H groups in total. The molecule has 1 aromatic rings. The van der Waals surface area contributed by atoms with E-state index < -0.39 is 0 Å². The quantitative estimate of drug-likeness (QED) is 0.649.